The lowest BCUT2D eigenvalue weighted by atomic mass is 9.73. The number of nitrogens with zero attached hydrogens (tertiary/aromatic N) is 4. The van der Waals surface area contributed by atoms with Gasteiger partial charge in [0.05, 0.1) is 28.4 Å². The van der Waals surface area contributed by atoms with Crippen LogP contribution in [0, 0.1) is 0 Å². The first kappa shape index (κ1) is 52.0. The Hall–Kier alpha value is -11.2. The van der Waals surface area contributed by atoms with Crippen LogP contribution in [0.25, 0.3) is 75.8 Å². The first-order chi connectivity index (χ1) is 44.1. The van der Waals surface area contributed by atoms with Gasteiger partial charge in [0.15, 0.2) is 0 Å². The zero-order valence-corrected chi connectivity index (χ0v) is 50.7. The highest BCUT2D eigenvalue weighted by molar-refractivity contribution is 6.26. The highest BCUT2D eigenvalue weighted by Crippen LogP contribution is 2.56. The summed E-state index contributed by atoms with van der Waals surface area (Å²) in [6, 6.07) is 113. The summed E-state index contributed by atoms with van der Waals surface area (Å²) in [5.41, 5.74) is 20.6. The summed E-state index contributed by atoms with van der Waals surface area (Å²) >= 11 is 0. The summed E-state index contributed by atoms with van der Waals surface area (Å²) in [4.78, 5) is 9.84. The van der Waals surface area contributed by atoms with E-state index in [9.17, 15) is 0 Å². The van der Waals surface area contributed by atoms with Crippen LogP contribution < -0.4 is 19.6 Å². The summed E-state index contributed by atoms with van der Waals surface area (Å²) in [5, 5.41) is 15.2. The van der Waals surface area contributed by atoms with E-state index in [1.165, 1.54) is 110 Å². The van der Waals surface area contributed by atoms with E-state index in [0.717, 1.165) is 56.6 Å². The summed E-state index contributed by atoms with van der Waals surface area (Å²) in [6.07, 6.45) is 0. The van der Waals surface area contributed by atoms with Crippen molar-refractivity contribution in [2.45, 2.75) is 38.5 Å². The average Bonchev–Trinajstić information content (AvgIpc) is 1.04. The number of rotatable bonds is 9. The van der Waals surface area contributed by atoms with Gasteiger partial charge in [-0.15, -0.1) is 0 Å². The minimum atomic E-state index is -0.291. The van der Waals surface area contributed by atoms with Gasteiger partial charge in [0.25, 0.3) is 0 Å². The van der Waals surface area contributed by atoms with Crippen molar-refractivity contribution in [3.05, 3.63) is 326 Å². The Bertz CT molecular complexity index is 5420. The maximum atomic E-state index is 2.49. The molecule has 0 saturated carbocycles. The zero-order valence-electron chi connectivity index (χ0n) is 50.7. The summed E-state index contributed by atoms with van der Waals surface area (Å²) in [7, 11) is 0. The number of anilines is 12. The van der Waals surface area contributed by atoms with Gasteiger partial charge in [0.1, 0.15) is 0 Å². The van der Waals surface area contributed by atoms with Gasteiger partial charge in [-0.25, -0.2) is 0 Å². The van der Waals surface area contributed by atoms with Crippen LogP contribution in [-0.4, -0.2) is 0 Å². The van der Waals surface area contributed by atoms with Gasteiger partial charge in [-0.2, -0.15) is 0 Å². The Morgan fingerprint density at radius 3 is 1.11 bits per heavy atom. The molecule has 4 nitrogen and oxygen atoms in total. The van der Waals surface area contributed by atoms with Crippen LogP contribution in [0.15, 0.2) is 303 Å². The first-order valence-electron chi connectivity index (χ1n) is 31.5. The molecule has 0 amide bonds. The van der Waals surface area contributed by atoms with Crippen molar-refractivity contribution in [2.24, 2.45) is 0 Å². The quantitative estimate of drug-likeness (QED) is 0.134. The summed E-state index contributed by atoms with van der Waals surface area (Å²) in [6.45, 7) is 9.53. The van der Waals surface area contributed by atoms with Gasteiger partial charge in [-0.3, -0.25) is 0 Å². The lowest BCUT2D eigenvalue weighted by Gasteiger charge is -2.42. The van der Waals surface area contributed by atoms with Crippen molar-refractivity contribution in [1.82, 2.24) is 0 Å². The van der Waals surface area contributed by atoms with Gasteiger partial charge in [0, 0.05) is 56.0 Å². The molecule has 2 aliphatic heterocycles. The molecule has 0 bridgehead atoms. The molecule has 90 heavy (non-hydrogen) atoms. The van der Waals surface area contributed by atoms with Crippen LogP contribution >= 0.6 is 0 Å². The van der Waals surface area contributed by atoms with Crippen LogP contribution in [-0.2, 0) is 10.8 Å². The second-order valence-corrected chi connectivity index (χ2v) is 25.7. The van der Waals surface area contributed by atoms with E-state index in [1.54, 1.807) is 0 Å². The van der Waals surface area contributed by atoms with Gasteiger partial charge in [-0.1, -0.05) is 216 Å². The predicted molar refractivity (Wildman–Crippen MR) is 382 cm³/mol. The molecular weight excluding hydrogens is 1090 g/mol. The Balaban J connectivity index is 0.771. The largest absolute Gasteiger partial charge is 0.310 e. The van der Waals surface area contributed by atoms with E-state index in [1.807, 2.05) is 0 Å². The summed E-state index contributed by atoms with van der Waals surface area (Å²) in [5.74, 6) is 0. The molecule has 0 saturated heterocycles. The molecule has 2 aliphatic rings. The number of benzene rings is 16. The molecule has 16 aromatic carbocycles. The van der Waals surface area contributed by atoms with Crippen molar-refractivity contribution in [3.63, 3.8) is 0 Å². The third-order valence-electron chi connectivity index (χ3n) is 20.0. The van der Waals surface area contributed by atoms with Crippen molar-refractivity contribution in [2.75, 3.05) is 19.6 Å². The molecule has 0 fully saturated rings. The molecule has 16 aromatic rings. The van der Waals surface area contributed by atoms with E-state index in [2.05, 4.69) is 351 Å². The van der Waals surface area contributed by atoms with Crippen LogP contribution in [0.1, 0.15) is 49.9 Å². The molecular formula is C86H62N4. The zero-order chi connectivity index (χ0) is 60.0. The van der Waals surface area contributed by atoms with Crippen molar-refractivity contribution < 1.29 is 0 Å². The molecule has 0 aromatic heterocycles. The van der Waals surface area contributed by atoms with Crippen LogP contribution in [0.5, 0.6) is 0 Å². The monoisotopic (exact) mass is 1150 g/mol. The second-order valence-electron chi connectivity index (χ2n) is 25.7. The van der Waals surface area contributed by atoms with E-state index in [0.29, 0.717) is 0 Å². The SMILES string of the molecule is CC1(C)c2ccccc2N(c2ccccc2)c2ccc(N(c3ccc(-c4ccc(N(c5ccc6c(c5)C(C)(C)c5ccccc5N6c5ccccc5)c5ccc6ccc7cccc8ccc5c6c78)cc4)cc3)c3cc4ccc5cccc6ccc(c3)c4c56)cc21. The maximum absolute atomic E-state index is 2.49. The number of para-hydroxylation sites is 4. The minimum absolute atomic E-state index is 0.288. The van der Waals surface area contributed by atoms with E-state index < -0.39 is 0 Å². The molecule has 426 valence electrons. The molecule has 0 atom stereocenters. The van der Waals surface area contributed by atoms with Crippen molar-refractivity contribution in [1.29, 1.82) is 0 Å². The third kappa shape index (κ3) is 7.80. The van der Waals surface area contributed by atoms with Gasteiger partial charge >= 0.3 is 0 Å². The third-order valence-corrected chi connectivity index (χ3v) is 20.0. The Labute approximate surface area is 524 Å². The van der Waals surface area contributed by atoms with E-state index in [-0.39, 0.29) is 10.8 Å². The topological polar surface area (TPSA) is 13.0 Å². The van der Waals surface area contributed by atoms with Gasteiger partial charge < -0.3 is 19.6 Å². The minimum Gasteiger partial charge on any atom is -0.310 e. The number of hydrogen-bond donors (Lipinski definition) is 0. The Morgan fingerprint density at radius 2 is 0.611 bits per heavy atom. The molecule has 2 heterocycles. The van der Waals surface area contributed by atoms with Crippen LogP contribution in [0.4, 0.5) is 68.2 Å². The molecule has 0 unspecified atom stereocenters. The van der Waals surface area contributed by atoms with E-state index >= 15 is 0 Å². The molecule has 0 N–H and O–H groups in total. The average molecular weight is 1150 g/mol. The molecule has 0 radical (unpaired) electrons. The van der Waals surface area contributed by atoms with Crippen molar-refractivity contribution >= 4 is 133 Å². The predicted octanol–water partition coefficient (Wildman–Crippen LogP) is 24.3. The molecule has 0 aliphatic carbocycles. The lowest BCUT2D eigenvalue weighted by Crippen LogP contribution is -2.31. The molecule has 18 rings (SSSR count). The highest BCUT2D eigenvalue weighted by Gasteiger charge is 2.39. The van der Waals surface area contributed by atoms with E-state index in [4.69, 9.17) is 0 Å². The number of hydrogen-bond acceptors (Lipinski definition) is 4. The first-order valence-corrected chi connectivity index (χ1v) is 31.5. The highest BCUT2D eigenvalue weighted by atomic mass is 15.2. The molecule has 0 spiro atoms. The normalized spacial score (nSPS) is 13.9. The smallest absolute Gasteiger partial charge is 0.0540 e. The fraction of sp³-hybridized carbons (Fsp3) is 0.0698. The second kappa shape index (κ2) is 19.7. The standard InChI is InChI=1S/C86H62N4/c1-85(2)72-25-11-13-27-77(72)89(64-21-7-5-8-22-64)79-49-45-68(53-74(79)85)87(70-51-62-33-31-57-17-15-18-58-32-34-63(52-70)83(62)81(57)58)66-41-35-55(36-42-66)56-37-43-67(44-38-56)88(76-48-40-61-30-29-59-19-16-20-60-39-47-71(76)84(61)82(59)60)69-46-50-80-75(54-69)86(3,4)73-26-12-14-28-78(73)90(80)65-23-9-6-10-24-65/h5-54H,1-4H3. The van der Waals surface area contributed by atoms with Crippen LogP contribution in [0.3, 0.4) is 0 Å². The fourth-order valence-corrected chi connectivity index (χ4v) is 15.6. The Kier molecular flexibility index (Phi) is 11.3. The van der Waals surface area contributed by atoms with Gasteiger partial charge in [0.2, 0.25) is 0 Å². The van der Waals surface area contributed by atoms with Crippen molar-refractivity contribution in [3.8, 4) is 11.1 Å². The van der Waals surface area contributed by atoms with Gasteiger partial charge in [-0.05, 0) is 208 Å². The fourth-order valence-electron chi connectivity index (χ4n) is 15.6. The molecule has 4 heteroatoms. The lowest BCUT2D eigenvalue weighted by molar-refractivity contribution is 0.632. The maximum Gasteiger partial charge on any atom is 0.0540 e. The summed E-state index contributed by atoms with van der Waals surface area (Å²) < 4.78 is 0. The number of fused-ring (bicyclic) bond motifs is 4. The Morgan fingerprint density at radius 1 is 0.244 bits per heavy atom. The van der Waals surface area contributed by atoms with Crippen LogP contribution in [0.2, 0.25) is 0 Å².